The molecule has 1 N–H and O–H groups in total. The molecule has 0 aliphatic rings. The van der Waals surface area contributed by atoms with Crippen LogP contribution in [0, 0.1) is 6.92 Å². The van der Waals surface area contributed by atoms with E-state index in [1.54, 1.807) is 66.7 Å². The topological polar surface area (TPSA) is 75.7 Å². The number of sulfonamides is 1. The van der Waals surface area contributed by atoms with Crippen LogP contribution in [0.4, 0.5) is 11.4 Å². The maximum absolute atomic E-state index is 13.8. The highest BCUT2D eigenvalue weighted by Crippen LogP contribution is 2.33. The first kappa shape index (κ1) is 26.3. The van der Waals surface area contributed by atoms with E-state index < -0.39 is 22.5 Å². The van der Waals surface area contributed by atoms with Crippen molar-refractivity contribution in [3.63, 3.8) is 0 Å². The van der Waals surface area contributed by atoms with Crippen LogP contribution >= 0.6 is 11.6 Å². The van der Waals surface area contributed by atoms with Crippen LogP contribution < -0.4 is 14.4 Å². The van der Waals surface area contributed by atoms with Gasteiger partial charge in [0.05, 0.1) is 16.3 Å². The highest BCUT2D eigenvalue weighted by Gasteiger charge is 2.29. The SMILES string of the molecule is CCc1ccccc1N(CC(=O)Nc1cc(Cl)ccc1Oc1ccccc1)S(=O)(=O)c1ccc(C)cc1. The van der Waals surface area contributed by atoms with Crippen molar-refractivity contribution in [2.75, 3.05) is 16.2 Å². The summed E-state index contributed by atoms with van der Waals surface area (Å²) in [6.45, 7) is 3.38. The molecule has 0 aromatic heterocycles. The molecule has 0 saturated carbocycles. The third-order valence-electron chi connectivity index (χ3n) is 5.72. The molecule has 1 amide bonds. The van der Waals surface area contributed by atoms with E-state index in [9.17, 15) is 13.2 Å². The van der Waals surface area contributed by atoms with Gasteiger partial charge in [0.15, 0.2) is 5.75 Å². The highest BCUT2D eigenvalue weighted by atomic mass is 35.5. The number of amides is 1. The molecule has 0 aliphatic heterocycles. The van der Waals surface area contributed by atoms with Gasteiger partial charge in [-0.1, -0.05) is 72.6 Å². The van der Waals surface area contributed by atoms with Gasteiger partial charge in [0, 0.05) is 5.02 Å². The summed E-state index contributed by atoms with van der Waals surface area (Å²) in [5.74, 6) is 0.424. The van der Waals surface area contributed by atoms with Crippen molar-refractivity contribution >= 4 is 38.9 Å². The van der Waals surface area contributed by atoms with Crippen molar-refractivity contribution in [1.29, 1.82) is 0 Å². The van der Waals surface area contributed by atoms with Crippen molar-refractivity contribution in [2.24, 2.45) is 0 Å². The molecular weight excluding hydrogens is 508 g/mol. The van der Waals surface area contributed by atoms with Gasteiger partial charge in [0.2, 0.25) is 5.91 Å². The van der Waals surface area contributed by atoms with E-state index in [1.807, 2.05) is 44.2 Å². The average Bonchev–Trinajstić information content (AvgIpc) is 2.89. The number of carbonyl (C=O) groups is 1. The van der Waals surface area contributed by atoms with E-state index in [0.29, 0.717) is 34.3 Å². The van der Waals surface area contributed by atoms with Gasteiger partial charge in [-0.05, 0) is 67.4 Å². The largest absolute Gasteiger partial charge is 0.455 e. The zero-order valence-corrected chi connectivity index (χ0v) is 22.1. The number of aryl methyl sites for hydroxylation is 2. The van der Waals surface area contributed by atoms with Crippen LogP contribution in [-0.4, -0.2) is 20.9 Å². The Bertz CT molecular complexity index is 1490. The van der Waals surface area contributed by atoms with Gasteiger partial charge in [0.1, 0.15) is 12.3 Å². The Kier molecular flexibility index (Phi) is 8.16. The summed E-state index contributed by atoms with van der Waals surface area (Å²) in [5.41, 5.74) is 2.52. The predicted octanol–water partition coefficient (Wildman–Crippen LogP) is 6.84. The molecule has 0 heterocycles. The summed E-state index contributed by atoms with van der Waals surface area (Å²) in [4.78, 5) is 13.4. The van der Waals surface area contributed by atoms with E-state index >= 15 is 0 Å². The number of nitrogens with one attached hydrogen (secondary N) is 1. The third-order valence-corrected chi connectivity index (χ3v) is 7.73. The third kappa shape index (κ3) is 6.31. The van der Waals surface area contributed by atoms with Crippen LogP contribution in [-0.2, 0) is 21.2 Å². The minimum atomic E-state index is -4.04. The Hall–Kier alpha value is -3.81. The average molecular weight is 535 g/mol. The monoisotopic (exact) mass is 534 g/mol. The number of benzene rings is 4. The molecule has 4 rings (SSSR count). The molecule has 190 valence electrons. The molecule has 37 heavy (non-hydrogen) atoms. The number of rotatable bonds is 9. The van der Waals surface area contributed by atoms with E-state index in [0.717, 1.165) is 15.4 Å². The van der Waals surface area contributed by atoms with Crippen LogP contribution in [0.1, 0.15) is 18.1 Å². The second-order valence-corrected chi connectivity index (χ2v) is 10.7. The fourth-order valence-electron chi connectivity index (χ4n) is 3.81. The quantitative estimate of drug-likeness (QED) is 0.255. The second kappa shape index (κ2) is 11.5. The zero-order valence-electron chi connectivity index (χ0n) is 20.5. The molecule has 0 radical (unpaired) electrons. The lowest BCUT2D eigenvalue weighted by Gasteiger charge is -2.26. The Labute approximate surface area is 222 Å². The molecule has 0 fully saturated rings. The van der Waals surface area contributed by atoms with E-state index in [4.69, 9.17) is 16.3 Å². The van der Waals surface area contributed by atoms with Gasteiger partial charge >= 0.3 is 0 Å². The zero-order chi connectivity index (χ0) is 26.4. The maximum Gasteiger partial charge on any atom is 0.264 e. The Morgan fingerprint density at radius 3 is 2.30 bits per heavy atom. The van der Waals surface area contributed by atoms with Gasteiger partial charge in [-0.3, -0.25) is 9.10 Å². The highest BCUT2D eigenvalue weighted by molar-refractivity contribution is 7.92. The molecule has 0 bridgehead atoms. The lowest BCUT2D eigenvalue weighted by molar-refractivity contribution is -0.114. The van der Waals surface area contributed by atoms with Gasteiger partial charge < -0.3 is 10.1 Å². The number of anilines is 2. The number of hydrogen-bond donors (Lipinski definition) is 1. The Morgan fingerprint density at radius 1 is 0.919 bits per heavy atom. The summed E-state index contributed by atoms with van der Waals surface area (Å²) in [7, 11) is -4.04. The van der Waals surface area contributed by atoms with Crippen LogP contribution in [0.2, 0.25) is 5.02 Å². The van der Waals surface area contributed by atoms with E-state index in [1.165, 1.54) is 0 Å². The molecule has 4 aromatic rings. The number of para-hydroxylation sites is 2. The van der Waals surface area contributed by atoms with Crippen molar-refractivity contribution in [2.45, 2.75) is 25.2 Å². The first-order valence-electron chi connectivity index (χ1n) is 11.8. The van der Waals surface area contributed by atoms with Crippen molar-refractivity contribution < 1.29 is 17.9 Å². The fraction of sp³-hybridized carbons (Fsp3) is 0.138. The number of ether oxygens (including phenoxy) is 1. The van der Waals surface area contributed by atoms with Crippen LogP contribution in [0.5, 0.6) is 11.5 Å². The second-order valence-electron chi connectivity index (χ2n) is 8.41. The number of hydrogen-bond acceptors (Lipinski definition) is 4. The van der Waals surface area contributed by atoms with Gasteiger partial charge in [-0.15, -0.1) is 0 Å². The van der Waals surface area contributed by atoms with Gasteiger partial charge in [-0.2, -0.15) is 0 Å². The van der Waals surface area contributed by atoms with Crippen LogP contribution in [0.15, 0.2) is 102 Å². The van der Waals surface area contributed by atoms with Crippen molar-refractivity contribution in [3.05, 3.63) is 113 Å². The first-order chi connectivity index (χ1) is 17.8. The summed E-state index contributed by atoms with van der Waals surface area (Å²) in [6.07, 6.45) is 0.598. The van der Waals surface area contributed by atoms with Crippen LogP contribution in [0.3, 0.4) is 0 Å². The number of halogens is 1. The van der Waals surface area contributed by atoms with Crippen molar-refractivity contribution in [3.8, 4) is 11.5 Å². The van der Waals surface area contributed by atoms with Gasteiger partial charge in [0.25, 0.3) is 10.0 Å². The molecule has 0 atom stereocenters. The lowest BCUT2D eigenvalue weighted by Crippen LogP contribution is -2.38. The molecular formula is C29H27ClN2O4S. The van der Waals surface area contributed by atoms with E-state index in [-0.39, 0.29) is 4.90 Å². The number of carbonyl (C=O) groups excluding carboxylic acids is 1. The summed E-state index contributed by atoms with van der Waals surface area (Å²) in [5, 5.41) is 3.19. The minimum Gasteiger partial charge on any atom is -0.455 e. The molecule has 0 spiro atoms. The molecule has 0 saturated heterocycles. The predicted molar refractivity (Wildman–Crippen MR) is 148 cm³/mol. The molecule has 0 aliphatic carbocycles. The summed E-state index contributed by atoms with van der Waals surface area (Å²) >= 11 is 6.20. The molecule has 6 nitrogen and oxygen atoms in total. The molecule has 0 unspecified atom stereocenters. The van der Waals surface area contributed by atoms with Crippen molar-refractivity contribution in [1.82, 2.24) is 0 Å². The smallest absolute Gasteiger partial charge is 0.264 e. The molecule has 4 aromatic carbocycles. The van der Waals surface area contributed by atoms with Gasteiger partial charge in [-0.25, -0.2) is 8.42 Å². The molecule has 8 heteroatoms. The van der Waals surface area contributed by atoms with Crippen LogP contribution in [0.25, 0.3) is 0 Å². The normalized spacial score (nSPS) is 11.1. The first-order valence-corrected chi connectivity index (χ1v) is 13.6. The lowest BCUT2D eigenvalue weighted by atomic mass is 10.1. The fourth-order valence-corrected chi connectivity index (χ4v) is 5.45. The summed E-state index contributed by atoms with van der Waals surface area (Å²) in [6, 6.07) is 27.7. The Morgan fingerprint density at radius 2 is 1.59 bits per heavy atom. The Balaban J connectivity index is 1.67. The maximum atomic E-state index is 13.8. The minimum absolute atomic E-state index is 0.104. The number of nitrogens with zero attached hydrogens (tertiary/aromatic N) is 1. The standard InChI is InChI=1S/C29H27ClN2O4S/c1-3-22-9-7-8-12-27(22)32(37(34,35)25-16-13-21(2)14-17-25)20-29(33)31-26-19-23(30)15-18-28(26)36-24-10-5-4-6-11-24/h4-19H,3,20H2,1-2H3,(H,31,33). The summed E-state index contributed by atoms with van der Waals surface area (Å²) < 4.78 is 34.6. The van der Waals surface area contributed by atoms with E-state index in [2.05, 4.69) is 5.32 Å².